The predicted molar refractivity (Wildman–Crippen MR) is 231 cm³/mol. The Morgan fingerprint density at radius 1 is 0.895 bits per heavy atom. The molecule has 0 radical (unpaired) electrons. The molecule has 0 aromatic heterocycles. The lowest BCUT2D eigenvalue weighted by Gasteiger charge is -2.29. The number of rotatable bonds is 16. The first-order valence-corrected chi connectivity index (χ1v) is 25.6. The van der Waals surface area contributed by atoms with E-state index in [1.54, 1.807) is 38.8 Å². The number of hydrogen-bond acceptors (Lipinski definition) is 11. The van der Waals surface area contributed by atoms with Gasteiger partial charge in [-0.05, 0) is 116 Å². The molecule has 2 aromatic rings. The lowest BCUT2D eigenvalue weighted by atomic mass is 9.77. The minimum absolute atomic E-state index is 0.0839. The molecule has 0 saturated carbocycles. The zero-order valence-corrected chi connectivity index (χ0v) is 37.8. The summed E-state index contributed by atoms with van der Waals surface area (Å²) < 4.78 is 38.5. The highest BCUT2D eigenvalue weighted by Crippen LogP contribution is 2.51. The molecule has 5 rings (SSSR count). The largest absolute Gasteiger partial charge is 0.506 e. The van der Waals surface area contributed by atoms with Gasteiger partial charge in [-0.1, -0.05) is 25.3 Å². The number of benzene rings is 2. The number of esters is 1. The van der Waals surface area contributed by atoms with Crippen LogP contribution < -0.4 is 15.5 Å². The Kier molecular flexibility index (Phi) is 13.2. The average Bonchev–Trinajstić information content (AvgIpc) is 3.44. The van der Waals surface area contributed by atoms with Gasteiger partial charge in [0.1, 0.15) is 32.2 Å². The fourth-order valence-corrected chi connectivity index (χ4v) is 9.93. The topological polar surface area (TPSA) is 143 Å². The maximum absolute atomic E-state index is 14.1. The van der Waals surface area contributed by atoms with Crippen molar-refractivity contribution in [3.05, 3.63) is 82.3 Å². The number of fused-ring (bicyclic) bond motifs is 2. The van der Waals surface area contributed by atoms with Gasteiger partial charge in [-0.3, -0.25) is 9.59 Å². The van der Waals surface area contributed by atoms with Gasteiger partial charge in [0.2, 0.25) is 11.5 Å². The average molecular weight is 842 g/mol. The molecular weight excluding hydrogens is 782 g/mol. The van der Waals surface area contributed by atoms with Crippen LogP contribution >= 0.6 is 26.3 Å². The second-order valence-corrected chi connectivity index (χ2v) is 25.2. The summed E-state index contributed by atoms with van der Waals surface area (Å²) in [6, 6.07) is 11.8. The second-order valence-electron chi connectivity index (χ2n) is 17.9. The van der Waals surface area contributed by atoms with Crippen molar-refractivity contribution in [1.82, 2.24) is 0 Å². The number of Topliss-reactive ketones (excluding diaryl/α,β-unsaturated/α-hetero) is 1. The van der Waals surface area contributed by atoms with Crippen molar-refractivity contribution in [2.45, 2.75) is 97.0 Å². The lowest BCUT2D eigenvalue weighted by Crippen LogP contribution is -2.32. The van der Waals surface area contributed by atoms with Crippen LogP contribution in [0.2, 0.25) is 0 Å². The summed E-state index contributed by atoms with van der Waals surface area (Å²) in [5, 5.41) is 25.5. The van der Waals surface area contributed by atoms with Crippen molar-refractivity contribution >= 4 is 65.8 Å². The minimum atomic E-state index is -2.56. The number of aliphatic hydroxyl groups is 1. The Hall–Kier alpha value is -3.24. The standard InChI is InChI=1S/C43H58N2O9P2S/c1-41(2,3)52-38(46)16-13-12-14-21-44-34-19-17-28(55(8,9)50)24-32(34)42(4,5)36(44)26-30-39(47)31(40(30)48)27-37-43(6,7)33-25-29(56(10,11)51)18-20-35(33)45(37)22-15-23-57-54-53-49/h17-20,24-27H,12-16,21-23H2,1-11H3,(H-,47,48,49)/p+1. The van der Waals surface area contributed by atoms with Crippen molar-refractivity contribution in [2.24, 2.45) is 0 Å². The molecule has 0 spiro atoms. The number of ether oxygens (including phenoxy) is 1. The number of unbranched alkanes of at least 4 members (excludes halogenated alkanes) is 2. The van der Waals surface area contributed by atoms with E-state index in [-0.39, 0.29) is 28.7 Å². The third kappa shape index (κ3) is 9.64. The molecule has 2 aliphatic heterocycles. The summed E-state index contributed by atoms with van der Waals surface area (Å²) in [5.74, 6) is -0.0534. The van der Waals surface area contributed by atoms with Crippen LogP contribution in [0.1, 0.15) is 91.7 Å². The molecule has 0 saturated heterocycles. The first kappa shape index (κ1) is 44.9. The van der Waals surface area contributed by atoms with Gasteiger partial charge >= 0.3 is 5.97 Å². The normalized spacial score (nSPS) is 19.1. The first-order chi connectivity index (χ1) is 26.4. The summed E-state index contributed by atoms with van der Waals surface area (Å²) in [6.07, 6.45) is 6.81. The molecule has 2 heterocycles. The van der Waals surface area contributed by atoms with Gasteiger partial charge in [-0.25, -0.2) is 5.26 Å². The Bertz CT molecular complexity index is 2170. The summed E-state index contributed by atoms with van der Waals surface area (Å²) >= 11 is 0.973. The zero-order chi connectivity index (χ0) is 42.3. The molecule has 0 unspecified atom stereocenters. The number of ketones is 1. The van der Waals surface area contributed by atoms with Crippen molar-refractivity contribution in [3.63, 3.8) is 0 Å². The van der Waals surface area contributed by atoms with Gasteiger partial charge in [0.05, 0.1) is 16.6 Å². The fraction of sp³-hybridized carbons (Fsp3) is 0.512. The lowest BCUT2D eigenvalue weighted by molar-refractivity contribution is -0.438. The number of aliphatic hydroxyl groups excluding tert-OH is 1. The highest BCUT2D eigenvalue weighted by atomic mass is 32.2. The molecule has 0 fully saturated rings. The molecule has 310 valence electrons. The van der Waals surface area contributed by atoms with Gasteiger partial charge in [-0.15, -0.1) is 4.33 Å². The van der Waals surface area contributed by atoms with Gasteiger partial charge in [0.15, 0.2) is 5.71 Å². The van der Waals surface area contributed by atoms with Crippen LogP contribution in [0.15, 0.2) is 71.2 Å². The maximum Gasteiger partial charge on any atom is 0.306 e. The van der Waals surface area contributed by atoms with Gasteiger partial charge in [0, 0.05) is 82.3 Å². The second kappa shape index (κ2) is 16.8. The highest BCUT2D eigenvalue weighted by molar-refractivity contribution is 7.94. The third-order valence-electron chi connectivity index (χ3n) is 10.9. The first-order valence-electron chi connectivity index (χ1n) is 19.5. The molecule has 14 heteroatoms. The highest BCUT2D eigenvalue weighted by Gasteiger charge is 2.48. The van der Waals surface area contributed by atoms with E-state index in [0.717, 1.165) is 69.4 Å². The van der Waals surface area contributed by atoms with Crippen LogP contribution in [0.25, 0.3) is 0 Å². The van der Waals surface area contributed by atoms with E-state index in [1.165, 1.54) is 0 Å². The van der Waals surface area contributed by atoms with Crippen LogP contribution in [-0.2, 0) is 43.7 Å². The molecular formula is C43H59N2O9P2S+. The van der Waals surface area contributed by atoms with E-state index in [9.17, 15) is 23.8 Å². The van der Waals surface area contributed by atoms with Crippen LogP contribution in [-0.4, -0.2) is 83.5 Å². The summed E-state index contributed by atoms with van der Waals surface area (Å²) in [5.41, 5.74) is 4.28. The molecule has 0 atom stereocenters. The number of carbonyl (C=O) groups is 2. The molecule has 0 bridgehead atoms. The molecule has 3 aliphatic rings. The van der Waals surface area contributed by atoms with Crippen molar-refractivity contribution in [3.8, 4) is 0 Å². The maximum atomic E-state index is 14.1. The van der Waals surface area contributed by atoms with Crippen molar-refractivity contribution < 1.29 is 47.8 Å². The Morgan fingerprint density at radius 2 is 1.53 bits per heavy atom. The summed E-state index contributed by atoms with van der Waals surface area (Å²) in [4.78, 5) is 28.7. The van der Waals surface area contributed by atoms with Gasteiger partial charge < -0.3 is 23.9 Å². The fourth-order valence-electron chi connectivity index (χ4n) is 7.83. The number of carbonyl (C=O) groups excluding carboxylic acids is 2. The van der Waals surface area contributed by atoms with Crippen molar-refractivity contribution in [2.75, 3.05) is 50.4 Å². The summed E-state index contributed by atoms with van der Waals surface area (Å²) in [7, 11) is -5.12. The van der Waals surface area contributed by atoms with E-state index < -0.39 is 30.7 Å². The Morgan fingerprint density at radius 3 is 2.12 bits per heavy atom. The van der Waals surface area contributed by atoms with Crippen LogP contribution in [0.4, 0.5) is 11.4 Å². The molecule has 2 N–H and O–H groups in total. The third-order valence-corrected chi connectivity index (χ3v) is 14.6. The van der Waals surface area contributed by atoms with E-state index in [0.29, 0.717) is 38.1 Å². The number of nitrogens with zero attached hydrogens (tertiary/aromatic N) is 2. The van der Waals surface area contributed by atoms with Crippen LogP contribution in [0, 0.1) is 0 Å². The minimum Gasteiger partial charge on any atom is -0.506 e. The predicted octanol–water partition coefficient (Wildman–Crippen LogP) is 8.92. The van der Waals surface area contributed by atoms with Gasteiger partial charge in [0.25, 0.3) is 0 Å². The zero-order valence-electron chi connectivity index (χ0n) is 35.2. The molecule has 0 amide bonds. The van der Waals surface area contributed by atoms with E-state index >= 15 is 0 Å². The van der Waals surface area contributed by atoms with Gasteiger partial charge in [-0.2, -0.15) is 4.58 Å². The number of hydrogen-bond donors (Lipinski definition) is 2. The van der Waals surface area contributed by atoms with E-state index in [2.05, 4.69) is 46.5 Å². The smallest absolute Gasteiger partial charge is 0.306 e. The molecule has 57 heavy (non-hydrogen) atoms. The van der Waals surface area contributed by atoms with Crippen molar-refractivity contribution in [1.29, 1.82) is 0 Å². The SMILES string of the molecule is CC(C)(C)OC(=O)CCCCCN1/C(=C/C2=C(O)C(=C\C3=[N+](CCCSOOO)c4ccc(P(C)(C)=O)cc4C3(C)C)/C2=O)C(C)(C)c2cc(P(C)(C)=O)ccc21. The number of allylic oxidation sites excluding steroid dienone is 5. The van der Waals surface area contributed by atoms with E-state index in [1.807, 2.05) is 57.2 Å². The number of anilines is 1. The van der Waals surface area contributed by atoms with E-state index in [4.69, 9.17) is 9.99 Å². The molecule has 2 aromatic carbocycles. The Balaban J connectivity index is 1.50. The Labute approximate surface area is 342 Å². The molecule has 1 aliphatic carbocycles. The monoisotopic (exact) mass is 841 g/mol. The summed E-state index contributed by atoms with van der Waals surface area (Å²) in [6.45, 7) is 22.0. The van der Waals surface area contributed by atoms with Crippen LogP contribution in [0.5, 0.6) is 0 Å². The van der Waals surface area contributed by atoms with Crippen LogP contribution in [0.3, 0.4) is 0 Å². The molecule has 11 nitrogen and oxygen atoms in total. The quantitative estimate of drug-likeness (QED) is 0.0245.